The summed E-state index contributed by atoms with van der Waals surface area (Å²) in [4.78, 5) is 29.2. The monoisotopic (exact) mass is 440 g/mol. The molecule has 1 aliphatic heterocycles. The van der Waals surface area contributed by atoms with E-state index < -0.39 is 24.3 Å². The Morgan fingerprint density at radius 1 is 1.35 bits per heavy atom. The average molecular weight is 441 g/mol. The third-order valence-electron chi connectivity index (χ3n) is 4.03. The first kappa shape index (κ1) is 18.8. The third-order valence-corrected chi connectivity index (χ3v) is 5.77. The minimum Gasteiger partial charge on any atom is -0.480 e. The van der Waals surface area contributed by atoms with Crippen molar-refractivity contribution in [2.24, 2.45) is 0 Å². The molecule has 1 N–H and O–H groups in total. The number of benzene rings is 1. The number of ether oxygens (including phenoxy) is 2. The lowest BCUT2D eigenvalue weighted by Gasteiger charge is -2.26. The summed E-state index contributed by atoms with van der Waals surface area (Å²) >= 11 is 4.67. The summed E-state index contributed by atoms with van der Waals surface area (Å²) in [6.07, 6.45) is 0.00555. The van der Waals surface area contributed by atoms with Gasteiger partial charge in [-0.3, -0.25) is 0 Å². The van der Waals surface area contributed by atoms with E-state index in [9.17, 15) is 9.59 Å². The summed E-state index contributed by atoms with van der Waals surface area (Å²) in [6.45, 7) is 0.338. The fourth-order valence-corrected chi connectivity index (χ4v) is 4.19. The first-order valence-corrected chi connectivity index (χ1v) is 9.59. The molecule has 3 rings (SSSR count). The number of amides is 1. The topological polar surface area (TPSA) is 89.0 Å². The second-order valence-electron chi connectivity index (χ2n) is 5.86. The average Bonchev–Trinajstić information content (AvgIpc) is 3.26. The normalized spacial score (nSPS) is 19.5. The van der Waals surface area contributed by atoms with Gasteiger partial charge < -0.3 is 19.5 Å². The number of thiazole rings is 1. The van der Waals surface area contributed by atoms with E-state index >= 15 is 0 Å². The molecule has 1 saturated heterocycles. The van der Waals surface area contributed by atoms with Crippen molar-refractivity contribution in [3.63, 3.8) is 0 Å². The molecular weight excluding hydrogens is 424 g/mol. The van der Waals surface area contributed by atoms with Crippen LogP contribution in [0, 0.1) is 0 Å². The van der Waals surface area contributed by atoms with Crippen molar-refractivity contribution in [3.05, 3.63) is 50.9 Å². The standard InChI is InChI=1S/C17H17BrN2O5S/c18-13-10-26-15(19-13)17(25-9-14(21)22)6-7-20(11-17)16(23)24-8-12-4-2-1-3-5-12/h1-5,10H,6-9,11H2,(H,21,22). The maximum Gasteiger partial charge on any atom is 0.410 e. The van der Waals surface area contributed by atoms with Crippen LogP contribution in [-0.4, -0.2) is 46.7 Å². The Hall–Kier alpha value is -1.97. The highest BCUT2D eigenvalue weighted by Crippen LogP contribution is 2.38. The molecule has 1 aromatic carbocycles. The van der Waals surface area contributed by atoms with E-state index in [1.165, 1.54) is 16.2 Å². The minimum atomic E-state index is -1.06. The minimum absolute atomic E-state index is 0.182. The van der Waals surface area contributed by atoms with Gasteiger partial charge in [0.25, 0.3) is 0 Å². The molecule has 0 bridgehead atoms. The van der Waals surface area contributed by atoms with Crippen molar-refractivity contribution in [2.45, 2.75) is 18.6 Å². The van der Waals surface area contributed by atoms with Crippen LogP contribution in [0.2, 0.25) is 0 Å². The smallest absolute Gasteiger partial charge is 0.410 e. The number of hydrogen-bond donors (Lipinski definition) is 1. The molecule has 0 spiro atoms. The molecule has 9 heteroatoms. The lowest BCUT2D eigenvalue weighted by atomic mass is 10.0. The van der Waals surface area contributed by atoms with Gasteiger partial charge in [0.05, 0.1) is 6.54 Å². The van der Waals surface area contributed by atoms with Gasteiger partial charge >= 0.3 is 12.1 Å². The highest BCUT2D eigenvalue weighted by molar-refractivity contribution is 9.10. The summed E-state index contributed by atoms with van der Waals surface area (Å²) in [7, 11) is 0. The molecule has 1 aliphatic rings. The molecule has 1 amide bonds. The maximum absolute atomic E-state index is 12.4. The van der Waals surface area contributed by atoms with Crippen molar-refractivity contribution in [2.75, 3.05) is 19.7 Å². The predicted molar refractivity (Wildman–Crippen MR) is 97.9 cm³/mol. The SMILES string of the molecule is O=C(O)COC1(c2nc(Br)cs2)CCN(C(=O)OCc2ccccc2)C1. The molecule has 1 atom stereocenters. The van der Waals surface area contributed by atoms with Gasteiger partial charge in [-0.2, -0.15) is 0 Å². The number of hydrogen-bond acceptors (Lipinski definition) is 6. The number of rotatable bonds is 6. The quantitative estimate of drug-likeness (QED) is 0.741. The van der Waals surface area contributed by atoms with Crippen molar-refractivity contribution >= 4 is 39.3 Å². The van der Waals surface area contributed by atoms with Crippen LogP contribution in [0.1, 0.15) is 17.0 Å². The van der Waals surface area contributed by atoms with E-state index in [1.54, 1.807) is 5.38 Å². The van der Waals surface area contributed by atoms with E-state index in [0.717, 1.165) is 5.56 Å². The molecule has 138 valence electrons. The molecule has 1 unspecified atom stereocenters. The van der Waals surface area contributed by atoms with Gasteiger partial charge in [-0.1, -0.05) is 30.3 Å². The molecule has 2 heterocycles. The zero-order chi connectivity index (χ0) is 18.6. The lowest BCUT2D eigenvalue weighted by molar-refractivity contribution is -0.149. The molecule has 0 saturated carbocycles. The van der Waals surface area contributed by atoms with Gasteiger partial charge in [-0.05, 0) is 21.5 Å². The van der Waals surface area contributed by atoms with Gasteiger partial charge in [-0.15, -0.1) is 11.3 Å². The second-order valence-corrected chi connectivity index (χ2v) is 7.53. The zero-order valence-electron chi connectivity index (χ0n) is 13.8. The molecular formula is C17H17BrN2O5S. The number of carboxylic acids is 1. The summed E-state index contributed by atoms with van der Waals surface area (Å²) in [5.74, 6) is -1.06. The predicted octanol–water partition coefficient (Wildman–Crippen LogP) is 3.24. The molecule has 0 radical (unpaired) electrons. The first-order chi connectivity index (χ1) is 12.5. The van der Waals surface area contributed by atoms with E-state index in [4.69, 9.17) is 14.6 Å². The van der Waals surface area contributed by atoms with Crippen LogP contribution in [0.5, 0.6) is 0 Å². The Labute approximate surface area is 162 Å². The summed E-state index contributed by atoms with van der Waals surface area (Å²) in [6, 6.07) is 9.41. The highest BCUT2D eigenvalue weighted by Gasteiger charge is 2.45. The fraction of sp³-hybridized carbons (Fsp3) is 0.353. The molecule has 7 nitrogen and oxygen atoms in total. The third kappa shape index (κ3) is 4.40. The van der Waals surface area contributed by atoms with Crippen LogP contribution in [-0.2, 0) is 26.5 Å². The highest BCUT2D eigenvalue weighted by atomic mass is 79.9. The van der Waals surface area contributed by atoms with Crippen LogP contribution >= 0.6 is 27.3 Å². The number of carboxylic acid groups (broad SMARTS) is 1. The Kier molecular flexibility index (Phi) is 5.90. The van der Waals surface area contributed by atoms with Crippen LogP contribution in [0.15, 0.2) is 40.3 Å². The molecule has 1 aromatic heterocycles. The summed E-state index contributed by atoms with van der Waals surface area (Å²) in [5, 5.41) is 11.4. The Balaban J connectivity index is 1.67. The number of nitrogens with zero attached hydrogens (tertiary/aromatic N) is 2. The van der Waals surface area contributed by atoms with Crippen molar-refractivity contribution in [1.29, 1.82) is 0 Å². The first-order valence-electron chi connectivity index (χ1n) is 7.91. The largest absolute Gasteiger partial charge is 0.480 e. The zero-order valence-corrected chi connectivity index (χ0v) is 16.2. The number of likely N-dealkylation sites (tertiary alicyclic amines) is 1. The number of halogens is 1. The van der Waals surface area contributed by atoms with Gasteiger partial charge in [0.1, 0.15) is 28.4 Å². The van der Waals surface area contributed by atoms with Crippen molar-refractivity contribution in [1.82, 2.24) is 9.88 Å². The van der Waals surface area contributed by atoms with Gasteiger partial charge in [0, 0.05) is 18.3 Å². The molecule has 26 heavy (non-hydrogen) atoms. The molecule has 2 aromatic rings. The molecule has 0 aliphatic carbocycles. The van der Waals surface area contributed by atoms with E-state index in [0.29, 0.717) is 22.6 Å². The maximum atomic E-state index is 12.4. The van der Waals surface area contributed by atoms with Crippen LogP contribution in [0.25, 0.3) is 0 Å². The van der Waals surface area contributed by atoms with Crippen LogP contribution in [0.4, 0.5) is 4.79 Å². The van der Waals surface area contributed by atoms with Gasteiger partial charge in [0.15, 0.2) is 0 Å². The summed E-state index contributed by atoms with van der Waals surface area (Å²) in [5.41, 5.74) is -0.0294. The van der Waals surface area contributed by atoms with Gasteiger partial charge in [-0.25, -0.2) is 14.6 Å². The lowest BCUT2D eigenvalue weighted by Crippen LogP contribution is -2.37. The Bertz CT molecular complexity index is 784. The number of carbonyl (C=O) groups is 2. The van der Waals surface area contributed by atoms with E-state index in [2.05, 4.69) is 20.9 Å². The Morgan fingerprint density at radius 2 is 2.12 bits per heavy atom. The van der Waals surface area contributed by atoms with Crippen molar-refractivity contribution < 1.29 is 24.2 Å². The number of carbonyl (C=O) groups excluding carboxylic acids is 1. The second kappa shape index (κ2) is 8.15. The van der Waals surface area contributed by atoms with E-state index in [-0.39, 0.29) is 13.2 Å². The Morgan fingerprint density at radius 3 is 2.77 bits per heavy atom. The van der Waals surface area contributed by atoms with Gasteiger partial charge in [0.2, 0.25) is 0 Å². The van der Waals surface area contributed by atoms with Crippen LogP contribution < -0.4 is 0 Å². The van der Waals surface area contributed by atoms with Crippen LogP contribution in [0.3, 0.4) is 0 Å². The number of aromatic nitrogens is 1. The summed E-state index contributed by atoms with van der Waals surface area (Å²) < 4.78 is 11.7. The van der Waals surface area contributed by atoms with Crippen molar-refractivity contribution in [3.8, 4) is 0 Å². The number of aliphatic carboxylic acids is 1. The fourth-order valence-electron chi connectivity index (χ4n) is 2.77. The molecule has 1 fully saturated rings. The van der Waals surface area contributed by atoms with E-state index in [1.807, 2.05) is 30.3 Å².